The molecular weight excluding hydrogens is 312 g/mol. The molecule has 0 radical (unpaired) electrons. The van der Waals surface area contributed by atoms with Crippen LogP contribution < -0.4 is 0 Å². The lowest BCUT2D eigenvalue weighted by Crippen LogP contribution is -1.95. The summed E-state index contributed by atoms with van der Waals surface area (Å²) in [5.74, 6) is 8.50. The standard InChI is InChI=1S/C18H25S3/c1-2-6-17(5-1)9-11-19-13-15-21-16-14-20-12-10-18-7-3-4-8-18/h1-8,17H,9-16H2/q-1. The molecule has 0 amide bonds. The molecule has 0 atom stereocenters. The Morgan fingerprint density at radius 2 is 1.52 bits per heavy atom. The molecule has 0 heterocycles. The molecule has 0 spiro atoms. The van der Waals surface area contributed by atoms with Crippen molar-refractivity contribution in [1.29, 1.82) is 0 Å². The lowest BCUT2D eigenvalue weighted by atomic mass is 10.1. The molecule has 21 heavy (non-hydrogen) atoms. The Balaban J connectivity index is 1.29. The SMILES string of the molecule is C1=CC(CCSCCSCCSCCc2cc[cH-]c2)C=C1. The fourth-order valence-electron chi connectivity index (χ4n) is 2.20. The normalized spacial score (nSPS) is 14.3. The fraction of sp³-hybridized carbons (Fsp3) is 0.500. The van der Waals surface area contributed by atoms with Gasteiger partial charge in [0.25, 0.3) is 0 Å². The van der Waals surface area contributed by atoms with Crippen LogP contribution in [0.4, 0.5) is 0 Å². The molecule has 116 valence electrons. The first-order chi connectivity index (χ1) is 10.4. The number of hydrogen-bond acceptors (Lipinski definition) is 3. The van der Waals surface area contributed by atoms with Gasteiger partial charge in [-0.05, 0) is 23.8 Å². The van der Waals surface area contributed by atoms with Crippen molar-refractivity contribution in [3.63, 3.8) is 0 Å². The summed E-state index contributed by atoms with van der Waals surface area (Å²) >= 11 is 6.32. The van der Waals surface area contributed by atoms with Crippen molar-refractivity contribution in [1.82, 2.24) is 0 Å². The highest BCUT2D eigenvalue weighted by atomic mass is 32.2. The molecule has 0 saturated carbocycles. The first-order valence-corrected chi connectivity index (χ1v) is 11.2. The van der Waals surface area contributed by atoms with E-state index in [1.807, 2.05) is 0 Å². The van der Waals surface area contributed by atoms with Gasteiger partial charge in [-0.1, -0.05) is 30.7 Å². The molecule has 0 N–H and O–H groups in total. The maximum absolute atomic E-state index is 2.31. The van der Waals surface area contributed by atoms with E-state index in [9.17, 15) is 0 Å². The highest BCUT2D eigenvalue weighted by molar-refractivity contribution is 8.04. The van der Waals surface area contributed by atoms with Crippen LogP contribution in [-0.2, 0) is 6.42 Å². The van der Waals surface area contributed by atoms with Gasteiger partial charge in [-0.15, -0.1) is 0 Å². The number of hydrogen-bond donors (Lipinski definition) is 0. The maximum atomic E-state index is 2.31. The van der Waals surface area contributed by atoms with Crippen molar-refractivity contribution in [3.8, 4) is 0 Å². The maximum Gasteiger partial charge on any atom is 0.00238 e. The lowest BCUT2D eigenvalue weighted by molar-refractivity contribution is 0.794. The highest BCUT2D eigenvalue weighted by Crippen LogP contribution is 2.17. The first-order valence-electron chi connectivity index (χ1n) is 7.74. The number of aryl methyl sites for hydroxylation is 1. The second-order valence-electron chi connectivity index (χ2n) is 5.10. The van der Waals surface area contributed by atoms with E-state index < -0.39 is 0 Å². The van der Waals surface area contributed by atoms with Crippen molar-refractivity contribution in [2.24, 2.45) is 5.92 Å². The Morgan fingerprint density at radius 3 is 2.19 bits per heavy atom. The van der Waals surface area contributed by atoms with Crippen molar-refractivity contribution in [2.75, 3.05) is 34.5 Å². The molecule has 0 bridgehead atoms. The molecule has 1 aromatic carbocycles. The number of rotatable bonds is 12. The van der Waals surface area contributed by atoms with E-state index in [1.54, 1.807) is 0 Å². The first kappa shape index (κ1) is 17.2. The Morgan fingerprint density at radius 1 is 0.857 bits per heavy atom. The van der Waals surface area contributed by atoms with Crippen LogP contribution >= 0.6 is 35.3 Å². The molecule has 3 heteroatoms. The third kappa shape index (κ3) is 8.18. The van der Waals surface area contributed by atoms with Crippen molar-refractivity contribution >= 4 is 35.3 Å². The van der Waals surface area contributed by atoms with Crippen LogP contribution in [0.1, 0.15) is 12.0 Å². The molecule has 0 nitrogen and oxygen atoms in total. The van der Waals surface area contributed by atoms with Crippen LogP contribution in [0.2, 0.25) is 0 Å². The minimum Gasteiger partial charge on any atom is -0.211 e. The zero-order valence-corrected chi connectivity index (χ0v) is 15.0. The molecular formula is C18H25S3-. The predicted octanol–water partition coefficient (Wildman–Crippen LogP) is 5.28. The van der Waals surface area contributed by atoms with E-state index in [4.69, 9.17) is 0 Å². The smallest absolute Gasteiger partial charge is 0.00238 e. The third-order valence-electron chi connectivity index (χ3n) is 3.43. The van der Waals surface area contributed by atoms with Crippen LogP contribution in [0.15, 0.2) is 48.6 Å². The Bertz CT molecular complexity index is 394. The number of allylic oxidation sites excluding steroid dienone is 4. The van der Waals surface area contributed by atoms with Gasteiger partial charge in [-0.2, -0.15) is 59.0 Å². The average molecular weight is 338 g/mol. The summed E-state index contributed by atoms with van der Waals surface area (Å²) in [5, 5.41) is 0. The molecule has 1 aliphatic rings. The Labute approximate surface area is 142 Å². The summed E-state index contributed by atoms with van der Waals surface area (Å²) in [6.07, 6.45) is 11.5. The zero-order chi connectivity index (χ0) is 14.6. The van der Waals surface area contributed by atoms with E-state index in [0.29, 0.717) is 5.92 Å². The van der Waals surface area contributed by atoms with Crippen molar-refractivity contribution in [3.05, 3.63) is 54.1 Å². The van der Waals surface area contributed by atoms with Gasteiger partial charge in [0, 0.05) is 23.0 Å². The van der Waals surface area contributed by atoms with Gasteiger partial charge in [-0.3, -0.25) is 0 Å². The molecule has 1 aliphatic carbocycles. The van der Waals surface area contributed by atoms with Gasteiger partial charge < -0.3 is 0 Å². The average Bonchev–Trinajstić information content (AvgIpc) is 3.18. The monoisotopic (exact) mass is 337 g/mol. The summed E-state index contributed by atoms with van der Waals surface area (Å²) < 4.78 is 0. The molecule has 0 fully saturated rings. The zero-order valence-electron chi connectivity index (χ0n) is 12.6. The van der Waals surface area contributed by atoms with Gasteiger partial charge in [0.2, 0.25) is 0 Å². The molecule has 0 saturated heterocycles. The quantitative estimate of drug-likeness (QED) is 0.376. The lowest BCUT2D eigenvalue weighted by Gasteiger charge is -2.06. The second kappa shape index (κ2) is 11.4. The van der Waals surface area contributed by atoms with E-state index in [2.05, 4.69) is 83.9 Å². The van der Waals surface area contributed by atoms with Crippen molar-refractivity contribution < 1.29 is 0 Å². The van der Waals surface area contributed by atoms with Gasteiger partial charge in [-0.25, -0.2) is 6.07 Å². The third-order valence-corrected chi connectivity index (χ3v) is 6.94. The second-order valence-corrected chi connectivity index (χ2v) is 8.78. The van der Waals surface area contributed by atoms with Gasteiger partial charge >= 0.3 is 0 Å². The van der Waals surface area contributed by atoms with Crippen molar-refractivity contribution in [2.45, 2.75) is 12.8 Å². The van der Waals surface area contributed by atoms with Crippen LogP contribution in [0.5, 0.6) is 0 Å². The van der Waals surface area contributed by atoms with Crippen LogP contribution in [0.25, 0.3) is 0 Å². The van der Waals surface area contributed by atoms with E-state index in [1.165, 1.54) is 52.9 Å². The Hall–Kier alpha value is -0.120. The van der Waals surface area contributed by atoms with Gasteiger partial charge in [0.15, 0.2) is 0 Å². The predicted molar refractivity (Wildman–Crippen MR) is 104 cm³/mol. The Kier molecular flexibility index (Phi) is 9.40. The summed E-state index contributed by atoms with van der Waals surface area (Å²) in [5.41, 5.74) is 1.48. The summed E-state index contributed by atoms with van der Waals surface area (Å²) in [4.78, 5) is 0. The van der Waals surface area contributed by atoms with Crippen LogP contribution in [-0.4, -0.2) is 34.5 Å². The van der Waals surface area contributed by atoms with Gasteiger partial charge in [0.05, 0.1) is 0 Å². The highest BCUT2D eigenvalue weighted by Gasteiger charge is 2.02. The van der Waals surface area contributed by atoms with E-state index >= 15 is 0 Å². The fourth-order valence-corrected chi connectivity index (χ4v) is 5.52. The van der Waals surface area contributed by atoms with Gasteiger partial charge in [0.1, 0.15) is 0 Å². The summed E-state index contributed by atoms with van der Waals surface area (Å²) in [7, 11) is 0. The molecule has 2 rings (SSSR count). The molecule has 0 aliphatic heterocycles. The van der Waals surface area contributed by atoms with E-state index in [-0.39, 0.29) is 0 Å². The van der Waals surface area contributed by atoms with E-state index in [0.717, 1.165) is 0 Å². The molecule has 0 aromatic heterocycles. The number of thioether (sulfide) groups is 3. The van der Waals surface area contributed by atoms with Crippen LogP contribution in [0.3, 0.4) is 0 Å². The molecule has 1 aromatic rings. The topological polar surface area (TPSA) is 0 Å². The largest absolute Gasteiger partial charge is 0.211 e. The minimum absolute atomic E-state index is 0.712. The molecule has 0 unspecified atom stereocenters. The summed E-state index contributed by atoms with van der Waals surface area (Å²) in [6.45, 7) is 0. The summed E-state index contributed by atoms with van der Waals surface area (Å²) in [6, 6.07) is 8.72. The van der Waals surface area contributed by atoms with Crippen LogP contribution in [0, 0.1) is 5.92 Å². The minimum atomic E-state index is 0.712.